The minimum atomic E-state index is -0.336. The van der Waals surface area contributed by atoms with Crippen molar-refractivity contribution < 1.29 is 14.5 Å². The molecule has 1 fully saturated rings. The molecule has 0 amide bonds. The number of nitro benzene ring substituents is 1. The normalized spacial score (nSPS) is 20.9. The van der Waals surface area contributed by atoms with Gasteiger partial charge in [0.15, 0.2) is 0 Å². The summed E-state index contributed by atoms with van der Waals surface area (Å²) in [5.74, 6) is -0.161. The number of carbonyl (C=O) groups excluding carboxylic acids is 1. The minimum absolute atomic E-state index is 0.0241. The molecule has 1 saturated carbocycles. The lowest BCUT2D eigenvalue weighted by molar-refractivity contribution is -0.385. The summed E-state index contributed by atoms with van der Waals surface area (Å²) in [6, 6.07) is 3.64. The van der Waals surface area contributed by atoms with E-state index in [0.29, 0.717) is 12.0 Å². The van der Waals surface area contributed by atoms with Crippen molar-refractivity contribution in [3.05, 3.63) is 34.0 Å². The zero-order valence-corrected chi connectivity index (χ0v) is 13.9. The van der Waals surface area contributed by atoms with Crippen molar-refractivity contribution in [2.24, 2.45) is 5.92 Å². The van der Waals surface area contributed by atoms with Crippen LogP contribution in [0.3, 0.4) is 0 Å². The van der Waals surface area contributed by atoms with Gasteiger partial charge in [0.25, 0.3) is 5.69 Å². The number of aryl methyl sites for hydroxylation is 1. The summed E-state index contributed by atoms with van der Waals surface area (Å²) in [6.07, 6.45) is 5.77. The number of hydrogen-bond acceptors (Lipinski definition) is 5. The molecule has 0 radical (unpaired) electrons. The van der Waals surface area contributed by atoms with Gasteiger partial charge in [-0.2, -0.15) is 5.10 Å². The number of benzene rings is 1. The molecule has 1 aromatic heterocycles. The summed E-state index contributed by atoms with van der Waals surface area (Å²) >= 11 is 0. The number of fused-ring (bicyclic) bond motifs is 1. The van der Waals surface area contributed by atoms with Crippen molar-refractivity contribution in [3.63, 3.8) is 0 Å². The van der Waals surface area contributed by atoms with E-state index in [1.165, 1.54) is 7.11 Å². The van der Waals surface area contributed by atoms with Crippen molar-refractivity contribution in [1.82, 2.24) is 9.78 Å². The fraction of sp³-hybridized carbons (Fsp3) is 0.529. The molecule has 0 saturated heterocycles. The quantitative estimate of drug-likeness (QED) is 0.487. The summed E-state index contributed by atoms with van der Waals surface area (Å²) in [4.78, 5) is 22.5. The molecule has 0 atom stereocenters. The Morgan fingerprint density at radius 1 is 1.38 bits per heavy atom. The number of esters is 1. The van der Waals surface area contributed by atoms with Gasteiger partial charge in [-0.25, -0.2) is 0 Å². The summed E-state index contributed by atoms with van der Waals surface area (Å²) < 4.78 is 6.72. The molecule has 7 heteroatoms. The highest BCUT2D eigenvalue weighted by Gasteiger charge is 2.28. The van der Waals surface area contributed by atoms with Crippen LogP contribution in [0.1, 0.15) is 44.2 Å². The van der Waals surface area contributed by atoms with Gasteiger partial charge in [0.2, 0.25) is 0 Å². The summed E-state index contributed by atoms with van der Waals surface area (Å²) in [5.41, 5.74) is 1.64. The maximum atomic E-state index is 11.6. The fourth-order valence-electron chi connectivity index (χ4n) is 3.50. The third kappa shape index (κ3) is 2.98. The van der Waals surface area contributed by atoms with Gasteiger partial charge >= 0.3 is 5.97 Å². The average molecular weight is 331 g/mol. The number of ether oxygens (including phenoxy) is 1. The number of methoxy groups -OCH3 is 1. The van der Waals surface area contributed by atoms with Crippen molar-refractivity contribution >= 4 is 22.6 Å². The Kier molecular flexibility index (Phi) is 4.51. The van der Waals surface area contributed by atoms with E-state index in [9.17, 15) is 14.9 Å². The van der Waals surface area contributed by atoms with E-state index in [1.807, 2.05) is 23.9 Å². The molecule has 0 aliphatic heterocycles. The molecule has 1 aromatic carbocycles. The second-order valence-corrected chi connectivity index (χ2v) is 6.29. The number of nitro groups is 1. The van der Waals surface area contributed by atoms with Crippen LogP contribution in [0.5, 0.6) is 0 Å². The molecule has 0 N–H and O–H groups in total. The molecule has 1 aliphatic carbocycles. The molecule has 1 aliphatic rings. The Morgan fingerprint density at radius 2 is 2.08 bits per heavy atom. The molecular formula is C17H21N3O4. The van der Waals surface area contributed by atoms with Gasteiger partial charge in [0.05, 0.1) is 29.5 Å². The number of aromatic nitrogens is 2. The largest absolute Gasteiger partial charge is 0.469 e. The van der Waals surface area contributed by atoms with Crippen molar-refractivity contribution in [2.75, 3.05) is 7.11 Å². The van der Waals surface area contributed by atoms with Gasteiger partial charge in [-0.1, -0.05) is 6.92 Å². The van der Waals surface area contributed by atoms with Gasteiger partial charge in [0, 0.05) is 23.2 Å². The zero-order chi connectivity index (χ0) is 17.3. The predicted octanol–water partition coefficient (Wildman–Crippen LogP) is 3.41. The number of carbonyl (C=O) groups is 1. The van der Waals surface area contributed by atoms with Gasteiger partial charge < -0.3 is 4.74 Å². The monoisotopic (exact) mass is 331 g/mol. The van der Waals surface area contributed by atoms with Crippen LogP contribution in [0.25, 0.3) is 10.9 Å². The third-order valence-electron chi connectivity index (χ3n) is 4.91. The molecule has 1 heterocycles. The predicted molar refractivity (Wildman–Crippen MR) is 88.8 cm³/mol. The van der Waals surface area contributed by atoms with Gasteiger partial charge in [-0.3, -0.25) is 19.6 Å². The number of rotatable bonds is 4. The minimum Gasteiger partial charge on any atom is -0.469 e. The Bertz CT molecular complexity index is 775. The maximum Gasteiger partial charge on any atom is 0.308 e. The van der Waals surface area contributed by atoms with E-state index in [4.69, 9.17) is 4.74 Å². The second kappa shape index (κ2) is 6.59. The average Bonchev–Trinajstić information content (AvgIpc) is 3.02. The Balaban J connectivity index is 1.84. The molecule has 7 nitrogen and oxygen atoms in total. The second-order valence-electron chi connectivity index (χ2n) is 6.29. The van der Waals surface area contributed by atoms with E-state index in [0.717, 1.165) is 36.6 Å². The van der Waals surface area contributed by atoms with Crippen LogP contribution in [-0.2, 0) is 16.0 Å². The van der Waals surface area contributed by atoms with E-state index < -0.39 is 0 Å². The first-order chi connectivity index (χ1) is 11.5. The number of nitrogens with zero attached hydrogens (tertiary/aromatic N) is 3. The van der Waals surface area contributed by atoms with Crippen molar-refractivity contribution in [1.29, 1.82) is 0 Å². The Hall–Kier alpha value is -2.44. The maximum absolute atomic E-state index is 11.6. The van der Waals surface area contributed by atoms with E-state index in [2.05, 4.69) is 5.10 Å². The summed E-state index contributed by atoms with van der Waals surface area (Å²) in [6.45, 7) is 1.90. The van der Waals surface area contributed by atoms with E-state index in [-0.39, 0.29) is 28.5 Å². The first-order valence-electron chi connectivity index (χ1n) is 8.27. The summed E-state index contributed by atoms with van der Waals surface area (Å²) in [7, 11) is 1.42. The van der Waals surface area contributed by atoms with Crippen molar-refractivity contribution in [2.45, 2.75) is 45.1 Å². The molecule has 0 spiro atoms. The SMILES string of the molecule is CCc1cc2nn(C3CCC(C(=O)OC)CC3)cc2cc1[N+](=O)[O-]. The van der Waals surface area contributed by atoms with E-state index >= 15 is 0 Å². The molecule has 2 aromatic rings. The molecule has 128 valence electrons. The first kappa shape index (κ1) is 16.4. The lowest BCUT2D eigenvalue weighted by atomic mass is 9.86. The van der Waals surface area contributed by atoms with Gasteiger partial charge in [-0.15, -0.1) is 0 Å². The van der Waals surface area contributed by atoms with Crippen molar-refractivity contribution in [3.8, 4) is 0 Å². The highest BCUT2D eigenvalue weighted by atomic mass is 16.6. The topological polar surface area (TPSA) is 87.3 Å². The Labute approximate surface area is 139 Å². The van der Waals surface area contributed by atoms with Gasteiger partial charge in [-0.05, 0) is 38.2 Å². The van der Waals surface area contributed by atoms with Crippen LogP contribution in [0.2, 0.25) is 0 Å². The highest BCUT2D eigenvalue weighted by Crippen LogP contribution is 2.34. The molecule has 0 bridgehead atoms. The fourth-order valence-corrected chi connectivity index (χ4v) is 3.50. The van der Waals surface area contributed by atoms with E-state index in [1.54, 1.807) is 6.07 Å². The van der Waals surface area contributed by atoms with Crippen LogP contribution in [-0.4, -0.2) is 27.8 Å². The number of hydrogen-bond donors (Lipinski definition) is 0. The highest BCUT2D eigenvalue weighted by molar-refractivity contribution is 5.82. The van der Waals surface area contributed by atoms with Crippen LogP contribution >= 0.6 is 0 Å². The molecule has 24 heavy (non-hydrogen) atoms. The third-order valence-corrected chi connectivity index (χ3v) is 4.91. The van der Waals surface area contributed by atoms with Crippen LogP contribution < -0.4 is 0 Å². The van der Waals surface area contributed by atoms with Gasteiger partial charge in [0.1, 0.15) is 0 Å². The first-order valence-corrected chi connectivity index (χ1v) is 8.27. The molecular weight excluding hydrogens is 310 g/mol. The zero-order valence-electron chi connectivity index (χ0n) is 13.9. The lowest BCUT2D eigenvalue weighted by Crippen LogP contribution is -2.24. The Morgan fingerprint density at radius 3 is 2.67 bits per heavy atom. The van der Waals surface area contributed by atoms with Crippen LogP contribution in [0, 0.1) is 16.0 Å². The molecule has 3 rings (SSSR count). The smallest absolute Gasteiger partial charge is 0.308 e. The standard InChI is InChI=1S/C17H21N3O4/c1-3-11-8-15-13(9-16(11)20(22)23)10-19(18-15)14-6-4-12(5-7-14)17(21)24-2/h8-10,12,14H,3-7H2,1-2H3. The molecule has 0 unspecified atom stereocenters. The summed E-state index contributed by atoms with van der Waals surface area (Å²) in [5, 5.41) is 16.6. The lowest BCUT2D eigenvalue weighted by Gasteiger charge is -2.26. The van der Waals surface area contributed by atoms with Crippen LogP contribution in [0.4, 0.5) is 5.69 Å². The van der Waals surface area contributed by atoms with Crippen LogP contribution in [0.15, 0.2) is 18.3 Å².